The molecule has 0 aliphatic rings. The topological polar surface area (TPSA) is 68.1 Å². The van der Waals surface area contributed by atoms with E-state index < -0.39 is 11.9 Å². The van der Waals surface area contributed by atoms with Gasteiger partial charge >= 0.3 is 5.97 Å². The molecule has 0 saturated carbocycles. The van der Waals surface area contributed by atoms with E-state index in [2.05, 4.69) is 16.8 Å². The molecular formula is C18H16N2O3. The van der Waals surface area contributed by atoms with E-state index in [1.54, 1.807) is 36.4 Å². The molecule has 5 heteroatoms. The van der Waals surface area contributed by atoms with E-state index in [1.807, 2.05) is 19.1 Å². The van der Waals surface area contributed by atoms with Crippen LogP contribution in [-0.4, -0.2) is 11.9 Å². The van der Waals surface area contributed by atoms with Crippen LogP contribution in [0.5, 0.6) is 0 Å². The zero-order valence-electron chi connectivity index (χ0n) is 12.7. The summed E-state index contributed by atoms with van der Waals surface area (Å²) in [5.74, 6) is -0.899. The number of ether oxygens (including phenoxy) is 1. The van der Waals surface area contributed by atoms with Gasteiger partial charge in [-0.15, -0.1) is 10.2 Å². The van der Waals surface area contributed by atoms with Gasteiger partial charge in [-0.1, -0.05) is 36.9 Å². The summed E-state index contributed by atoms with van der Waals surface area (Å²) < 4.78 is 5.01. The largest absolute Gasteiger partial charge is 0.458 e. The molecule has 0 N–H and O–H groups in total. The van der Waals surface area contributed by atoms with Crippen molar-refractivity contribution in [3.8, 4) is 0 Å². The first-order valence-electron chi connectivity index (χ1n) is 7.00. The van der Waals surface area contributed by atoms with Gasteiger partial charge in [0.2, 0.25) is 0 Å². The van der Waals surface area contributed by atoms with Gasteiger partial charge in [-0.2, -0.15) is 0 Å². The minimum Gasteiger partial charge on any atom is -0.458 e. The van der Waals surface area contributed by atoms with Crippen molar-refractivity contribution >= 4 is 17.6 Å². The summed E-state index contributed by atoms with van der Waals surface area (Å²) in [6.45, 7) is 5.29. The van der Waals surface area contributed by atoms with Crippen molar-refractivity contribution in [3.63, 3.8) is 0 Å². The summed E-state index contributed by atoms with van der Waals surface area (Å²) in [5, 5.41) is 7.74. The minimum absolute atomic E-state index is 0.118. The maximum Gasteiger partial charge on any atom is 0.330 e. The number of carbonyl (C=O) groups excluding carboxylic acids is 2. The zero-order chi connectivity index (χ0) is 16.7. The van der Waals surface area contributed by atoms with Crippen LogP contribution in [-0.2, 0) is 16.1 Å². The lowest BCUT2D eigenvalue weighted by Gasteiger charge is -2.07. The van der Waals surface area contributed by atoms with Gasteiger partial charge < -0.3 is 4.74 Å². The van der Waals surface area contributed by atoms with Crippen LogP contribution in [0.2, 0.25) is 0 Å². The van der Waals surface area contributed by atoms with E-state index in [1.165, 1.54) is 0 Å². The molecule has 23 heavy (non-hydrogen) atoms. The zero-order valence-corrected chi connectivity index (χ0v) is 12.7. The molecule has 0 fully saturated rings. The number of benzene rings is 2. The fourth-order valence-electron chi connectivity index (χ4n) is 1.88. The Bertz CT molecular complexity index is 752. The van der Waals surface area contributed by atoms with Gasteiger partial charge in [-0.05, 0) is 36.2 Å². The Balaban J connectivity index is 2.14. The van der Waals surface area contributed by atoms with Gasteiger partial charge in [-0.25, -0.2) is 4.79 Å². The van der Waals surface area contributed by atoms with Crippen molar-refractivity contribution in [3.05, 3.63) is 77.9 Å². The molecule has 0 unspecified atom stereocenters. The molecule has 1 amide bonds. The first kappa shape index (κ1) is 16.3. The molecule has 5 nitrogen and oxygen atoms in total. The Kier molecular flexibility index (Phi) is 5.52. The molecule has 2 rings (SSSR count). The average Bonchev–Trinajstić information content (AvgIpc) is 2.60. The molecule has 0 radical (unpaired) electrons. The fraction of sp³-hybridized carbons (Fsp3) is 0.111. The van der Waals surface area contributed by atoms with Crippen LogP contribution in [0, 0.1) is 6.92 Å². The van der Waals surface area contributed by atoms with Crippen molar-refractivity contribution in [1.82, 2.24) is 0 Å². The van der Waals surface area contributed by atoms with Crippen molar-refractivity contribution in [2.24, 2.45) is 10.2 Å². The molecule has 116 valence electrons. The first-order chi connectivity index (χ1) is 11.1. The third-order valence-electron chi connectivity index (χ3n) is 3.22. The number of nitrogens with zero attached hydrogens (tertiary/aromatic N) is 2. The lowest BCUT2D eigenvalue weighted by molar-refractivity contribution is -0.138. The summed E-state index contributed by atoms with van der Waals surface area (Å²) in [5.41, 5.74) is 2.63. The highest BCUT2D eigenvalue weighted by molar-refractivity contribution is 5.94. The van der Waals surface area contributed by atoms with Gasteiger partial charge in [0.05, 0.1) is 5.69 Å². The highest BCUT2D eigenvalue weighted by Gasteiger charge is 2.07. The average molecular weight is 308 g/mol. The van der Waals surface area contributed by atoms with Crippen LogP contribution in [0.3, 0.4) is 0 Å². The third kappa shape index (κ3) is 4.44. The monoisotopic (exact) mass is 308 g/mol. The molecule has 0 saturated heterocycles. The molecule has 0 aliphatic heterocycles. The van der Waals surface area contributed by atoms with Crippen molar-refractivity contribution in [2.45, 2.75) is 13.5 Å². The maximum absolute atomic E-state index is 11.9. The molecule has 0 bridgehead atoms. The first-order valence-corrected chi connectivity index (χ1v) is 7.00. The van der Waals surface area contributed by atoms with Gasteiger partial charge in [-0.3, -0.25) is 4.79 Å². The predicted molar refractivity (Wildman–Crippen MR) is 86.5 cm³/mol. The summed E-state index contributed by atoms with van der Waals surface area (Å²) >= 11 is 0. The Morgan fingerprint density at radius 2 is 1.87 bits per heavy atom. The molecule has 0 aromatic heterocycles. The Hall–Kier alpha value is -3.08. The summed E-state index contributed by atoms with van der Waals surface area (Å²) in [6, 6.07) is 14.1. The van der Waals surface area contributed by atoms with Crippen LogP contribution >= 0.6 is 0 Å². The number of amides is 1. The maximum atomic E-state index is 11.9. The summed E-state index contributed by atoms with van der Waals surface area (Å²) in [6.07, 6.45) is 1.11. The van der Waals surface area contributed by atoms with Crippen LogP contribution in [0.1, 0.15) is 21.5 Å². The van der Waals surface area contributed by atoms with E-state index in [0.717, 1.165) is 17.2 Å². The fourth-order valence-corrected chi connectivity index (χ4v) is 1.88. The quantitative estimate of drug-likeness (QED) is 0.473. The van der Waals surface area contributed by atoms with Crippen LogP contribution in [0.4, 0.5) is 5.69 Å². The van der Waals surface area contributed by atoms with E-state index in [9.17, 15) is 9.59 Å². The van der Waals surface area contributed by atoms with Crippen molar-refractivity contribution in [2.75, 3.05) is 0 Å². The Morgan fingerprint density at radius 1 is 1.13 bits per heavy atom. The van der Waals surface area contributed by atoms with Crippen molar-refractivity contribution in [1.29, 1.82) is 0 Å². The van der Waals surface area contributed by atoms with Gasteiger partial charge in [0, 0.05) is 11.6 Å². The second-order valence-corrected chi connectivity index (χ2v) is 4.74. The number of carbonyl (C=O) groups is 2. The number of rotatable bonds is 5. The van der Waals surface area contributed by atoms with Crippen LogP contribution in [0.25, 0.3) is 0 Å². The van der Waals surface area contributed by atoms with E-state index in [-0.39, 0.29) is 6.61 Å². The number of esters is 1. The lowest BCUT2D eigenvalue weighted by Crippen LogP contribution is -2.01. The van der Waals surface area contributed by atoms with Gasteiger partial charge in [0.25, 0.3) is 5.91 Å². The highest BCUT2D eigenvalue weighted by atomic mass is 16.5. The van der Waals surface area contributed by atoms with E-state index >= 15 is 0 Å². The predicted octanol–water partition coefficient (Wildman–Crippen LogP) is 4.15. The van der Waals surface area contributed by atoms with Gasteiger partial charge in [0.1, 0.15) is 6.61 Å². The number of hydrogen-bond acceptors (Lipinski definition) is 4. The Morgan fingerprint density at radius 3 is 2.57 bits per heavy atom. The molecule has 2 aromatic carbocycles. The van der Waals surface area contributed by atoms with Crippen LogP contribution in [0.15, 0.2) is 71.4 Å². The van der Waals surface area contributed by atoms with Gasteiger partial charge in [0.15, 0.2) is 0 Å². The standard InChI is InChI=1S/C18H16N2O3/c1-3-17(21)23-12-15-10-7-11-16(13(15)2)19-20-18(22)14-8-5-4-6-9-14/h3-11H,1,12H2,2H3. The van der Waals surface area contributed by atoms with Crippen LogP contribution < -0.4 is 0 Å². The van der Waals surface area contributed by atoms with E-state index in [0.29, 0.717) is 11.3 Å². The third-order valence-corrected chi connectivity index (χ3v) is 3.22. The summed E-state index contributed by atoms with van der Waals surface area (Å²) in [7, 11) is 0. The summed E-state index contributed by atoms with van der Waals surface area (Å²) in [4.78, 5) is 23.1. The lowest BCUT2D eigenvalue weighted by atomic mass is 10.1. The molecule has 0 heterocycles. The van der Waals surface area contributed by atoms with Crippen molar-refractivity contribution < 1.29 is 14.3 Å². The second kappa shape index (κ2) is 7.79. The molecule has 0 atom stereocenters. The molecule has 2 aromatic rings. The SMILES string of the molecule is C=CC(=O)OCc1cccc(N=NC(=O)c2ccccc2)c1C. The molecular weight excluding hydrogens is 292 g/mol. The number of azo groups is 1. The Labute approximate surface area is 134 Å². The second-order valence-electron chi connectivity index (χ2n) is 4.74. The highest BCUT2D eigenvalue weighted by Crippen LogP contribution is 2.23. The molecule has 0 spiro atoms. The normalized spacial score (nSPS) is 10.5. The smallest absolute Gasteiger partial charge is 0.330 e. The molecule has 0 aliphatic carbocycles. The van der Waals surface area contributed by atoms with E-state index in [4.69, 9.17) is 4.74 Å². The minimum atomic E-state index is -0.490. The number of hydrogen-bond donors (Lipinski definition) is 0.